The van der Waals surface area contributed by atoms with Crippen LogP contribution in [0, 0.1) is 0 Å². The van der Waals surface area contributed by atoms with Crippen LogP contribution in [-0.2, 0) is 16.4 Å². The van der Waals surface area contributed by atoms with Gasteiger partial charge in [-0.1, -0.05) is 24.3 Å². The molecule has 150 valence electrons. The third-order valence-electron chi connectivity index (χ3n) is 4.96. The van der Waals surface area contributed by atoms with Crippen LogP contribution >= 0.6 is 0 Å². The first kappa shape index (κ1) is 18.4. The van der Waals surface area contributed by atoms with Crippen LogP contribution in [0.15, 0.2) is 87.5 Å². The van der Waals surface area contributed by atoms with E-state index in [1.54, 1.807) is 36.4 Å². The molecular weight excluding hydrogens is 404 g/mol. The van der Waals surface area contributed by atoms with Crippen LogP contribution in [0.3, 0.4) is 0 Å². The lowest BCUT2D eigenvalue weighted by molar-refractivity contribution is 0.174. The van der Waals surface area contributed by atoms with Gasteiger partial charge >= 0.3 is 0 Å². The highest BCUT2D eigenvalue weighted by atomic mass is 32.2. The zero-order valence-corrected chi connectivity index (χ0v) is 16.5. The fourth-order valence-corrected chi connectivity index (χ4v) is 4.71. The molecule has 0 saturated carbocycles. The second-order valence-electron chi connectivity index (χ2n) is 6.86. The van der Waals surface area contributed by atoms with Gasteiger partial charge in [0, 0.05) is 5.39 Å². The van der Waals surface area contributed by atoms with Gasteiger partial charge in [0.15, 0.2) is 11.5 Å². The quantitative estimate of drug-likeness (QED) is 0.504. The van der Waals surface area contributed by atoms with Gasteiger partial charge in [-0.05, 0) is 48.0 Å². The standard InChI is InChI=1S/C22H16N2O5S/c25-22-19-8-7-18(30(26,27)17-4-2-1-3-5-17)11-16(19)12-23-24(22)13-15-6-9-20-21(10-15)29-14-28-20/h1-12H,13-14H2. The van der Waals surface area contributed by atoms with Gasteiger partial charge in [0.25, 0.3) is 5.56 Å². The molecule has 0 radical (unpaired) electrons. The fraction of sp³-hybridized carbons (Fsp3) is 0.0909. The Labute approximate surface area is 172 Å². The minimum Gasteiger partial charge on any atom is -0.454 e. The van der Waals surface area contributed by atoms with E-state index >= 15 is 0 Å². The number of hydrogen-bond donors (Lipinski definition) is 0. The van der Waals surface area contributed by atoms with E-state index in [9.17, 15) is 13.2 Å². The van der Waals surface area contributed by atoms with Gasteiger partial charge in [0.1, 0.15) is 0 Å². The van der Waals surface area contributed by atoms with E-state index in [0.29, 0.717) is 22.3 Å². The van der Waals surface area contributed by atoms with Gasteiger partial charge in [-0.2, -0.15) is 5.10 Å². The van der Waals surface area contributed by atoms with Crippen LogP contribution in [-0.4, -0.2) is 25.0 Å². The second-order valence-corrected chi connectivity index (χ2v) is 8.81. The van der Waals surface area contributed by atoms with E-state index in [-0.39, 0.29) is 28.7 Å². The number of sulfone groups is 1. The van der Waals surface area contributed by atoms with Crippen molar-refractivity contribution >= 4 is 20.6 Å². The minimum absolute atomic E-state index is 0.121. The smallest absolute Gasteiger partial charge is 0.274 e. The second kappa shape index (κ2) is 7.00. The molecule has 0 saturated heterocycles. The summed E-state index contributed by atoms with van der Waals surface area (Å²) in [4.78, 5) is 13.2. The molecule has 0 amide bonds. The molecule has 30 heavy (non-hydrogen) atoms. The van der Waals surface area contributed by atoms with Crippen LogP contribution in [0.25, 0.3) is 10.8 Å². The van der Waals surface area contributed by atoms with E-state index in [2.05, 4.69) is 5.10 Å². The van der Waals surface area contributed by atoms with Crippen LogP contribution in [0.2, 0.25) is 0 Å². The number of fused-ring (bicyclic) bond motifs is 2. The average Bonchev–Trinajstić information content (AvgIpc) is 3.24. The topological polar surface area (TPSA) is 87.5 Å². The molecule has 7 nitrogen and oxygen atoms in total. The monoisotopic (exact) mass is 420 g/mol. The molecule has 8 heteroatoms. The summed E-state index contributed by atoms with van der Waals surface area (Å²) in [5, 5.41) is 5.10. The van der Waals surface area contributed by atoms with Gasteiger partial charge in [-0.15, -0.1) is 0 Å². The van der Waals surface area contributed by atoms with Crippen molar-refractivity contribution in [1.82, 2.24) is 9.78 Å². The van der Waals surface area contributed by atoms with E-state index in [0.717, 1.165) is 5.56 Å². The summed E-state index contributed by atoms with van der Waals surface area (Å²) in [6, 6.07) is 18.1. The first-order chi connectivity index (χ1) is 14.5. The number of benzene rings is 3. The summed E-state index contributed by atoms with van der Waals surface area (Å²) in [5.74, 6) is 1.31. The Morgan fingerprint density at radius 1 is 0.900 bits per heavy atom. The Kier molecular flexibility index (Phi) is 4.29. The van der Waals surface area contributed by atoms with E-state index in [4.69, 9.17) is 9.47 Å². The minimum atomic E-state index is -3.67. The van der Waals surface area contributed by atoms with Gasteiger partial charge in [-0.25, -0.2) is 13.1 Å². The van der Waals surface area contributed by atoms with Crippen LogP contribution in [0.1, 0.15) is 5.56 Å². The van der Waals surface area contributed by atoms with Crippen molar-refractivity contribution in [3.05, 3.63) is 88.8 Å². The summed E-state index contributed by atoms with van der Waals surface area (Å²) in [6.45, 7) is 0.441. The maximum Gasteiger partial charge on any atom is 0.274 e. The summed E-state index contributed by atoms with van der Waals surface area (Å²) in [7, 11) is -3.67. The van der Waals surface area contributed by atoms with Gasteiger partial charge in [0.2, 0.25) is 16.6 Å². The van der Waals surface area contributed by atoms with Crippen molar-refractivity contribution in [1.29, 1.82) is 0 Å². The first-order valence-corrected chi connectivity index (χ1v) is 10.7. The van der Waals surface area contributed by atoms with Crippen LogP contribution < -0.4 is 15.0 Å². The molecule has 1 aromatic heterocycles. The maximum atomic E-state index is 12.9. The Balaban J connectivity index is 1.51. The van der Waals surface area contributed by atoms with E-state index in [1.165, 1.54) is 29.1 Å². The van der Waals surface area contributed by atoms with Crippen LogP contribution in [0.5, 0.6) is 11.5 Å². The lowest BCUT2D eigenvalue weighted by Gasteiger charge is -2.09. The molecule has 2 heterocycles. The molecule has 3 aromatic carbocycles. The van der Waals surface area contributed by atoms with Crippen molar-refractivity contribution in [2.24, 2.45) is 0 Å². The lowest BCUT2D eigenvalue weighted by atomic mass is 10.2. The average molecular weight is 420 g/mol. The van der Waals surface area contributed by atoms with Gasteiger partial charge in [-0.3, -0.25) is 4.79 Å². The molecule has 0 unspecified atom stereocenters. The third kappa shape index (κ3) is 3.11. The number of rotatable bonds is 4. The molecule has 1 aliphatic rings. The van der Waals surface area contributed by atoms with Crippen molar-refractivity contribution in [3.8, 4) is 11.5 Å². The highest BCUT2D eigenvalue weighted by Gasteiger charge is 2.19. The number of hydrogen-bond acceptors (Lipinski definition) is 6. The molecule has 0 atom stereocenters. The molecule has 0 bridgehead atoms. The van der Waals surface area contributed by atoms with Gasteiger partial charge < -0.3 is 9.47 Å². The Bertz CT molecular complexity index is 1430. The Morgan fingerprint density at radius 3 is 2.53 bits per heavy atom. The number of aromatic nitrogens is 2. The lowest BCUT2D eigenvalue weighted by Crippen LogP contribution is -2.23. The van der Waals surface area contributed by atoms with Crippen molar-refractivity contribution < 1.29 is 17.9 Å². The van der Waals surface area contributed by atoms with Crippen molar-refractivity contribution in [2.45, 2.75) is 16.3 Å². The van der Waals surface area contributed by atoms with Gasteiger partial charge in [0.05, 0.1) is 27.9 Å². The fourth-order valence-electron chi connectivity index (χ4n) is 3.39. The molecule has 4 aromatic rings. The third-order valence-corrected chi connectivity index (χ3v) is 6.72. The molecule has 0 spiro atoms. The van der Waals surface area contributed by atoms with Crippen molar-refractivity contribution in [3.63, 3.8) is 0 Å². The summed E-state index contributed by atoms with van der Waals surface area (Å²) < 4.78 is 37.7. The predicted octanol–water partition coefficient (Wildman–Crippen LogP) is 3.01. The van der Waals surface area contributed by atoms with Crippen LogP contribution in [0.4, 0.5) is 0 Å². The highest BCUT2D eigenvalue weighted by Crippen LogP contribution is 2.32. The number of ether oxygens (including phenoxy) is 2. The first-order valence-electron chi connectivity index (χ1n) is 9.21. The normalized spacial score (nSPS) is 12.9. The predicted molar refractivity (Wildman–Crippen MR) is 110 cm³/mol. The SMILES string of the molecule is O=c1c2ccc(S(=O)(=O)c3ccccc3)cc2cnn1Cc1ccc2c(c1)OCO2. The zero-order valence-electron chi connectivity index (χ0n) is 15.7. The molecule has 0 fully saturated rings. The number of nitrogens with zero attached hydrogens (tertiary/aromatic N) is 2. The largest absolute Gasteiger partial charge is 0.454 e. The van der Waals surface area contributed by atoms with E-state index in [1.807, 2.05) is 12.1 Å². The molecular formula is C22H16N2O5S. The molecule has 5 rings (SSSR count). The zero-order chi connectivity index (χ0) is 20.7. The van der Waals surface area contributed by atoms with E-state index < -0.39 is 9.84 Å². The summed E-state index contributed by atoms with van der Waals surface area (Å²) in [6.07, 6.45) is 1.51. The molecule has 0 aliphatic carbocycles. The Morgan fingerprint density at radius 2 is 1.70 bits per heavy atom. The summed E-state index contributed by atoms with van der Waals surface area (Å²) in [5.41, 5.74) is 0.547. The summed E-state index contributed by atoms with van der Waals surface area (Å²) >= 11 is 0. The van der Waals surface area contributed by atoms with Crippen molar-refractivity contribution in [2.75, 3.05) is 6.79 Å². The highest BCUT2D eigenvalue weighted by molar-refractivity contribution is 7.91. The Hall–Kier alpha value is -3.65. The molecule has 0 N–H and O–H groups in total. The molecule has 1 aliphatic heterocycles. The maximum absolute atomic E-state index is 12.9.